The van der Waals surface area contributed by atoms with Crippen molar-refractivity contribution in [2.45, 2.75) is 44.9 Å². The minimum absolute atomic E-state index is 0.0560. The van der Waals surface area contributed by atoms with E-state index in [4.69, 9.17) is 23.2 Å². The van der Waals surface area contributed by atoms with Gasteiger partial charge in [-0.2, -0.15) is 0 Å². The highest BCUT2D eigenvalue weighted by molar-refractivity contribution is 6.42. The van der Waals surface area contributed by atoms with Crippen LogP contribution in [0, 0.1) is 0 Å². The Morgan fingerprint density at radius 2 is 1.82 bits per heavy atom. The van der Waals surface area contributed by atoms with E-state index >= 15 is 0 Å². The maximum atomic E-state index is 13.5. The molecular formula is C30H34Cl2N4O3. The van der Waals surface area contributed by atoms with Crippen molar-refractivity contribution >= 4 is 46.4 Å². The summed E-state index contributed by atoms with van der Waals surface area (Å²) in [6.45, 7) is 4.03. The molecule has 3 aromatic carbocycles. The van der Waals surface area contributed by atoms with Crippen molar-refractivity contribution in [3.05, 3.63) is 93.5 Å². The molecule has 0 aromatic heterocycles. The molecule has 0 bridgehead atoms. The van der Waals surface area contributed by atoms with E-state index in [0.29, 0.717) is 53.8 Å². The molecular weight excluding hydrogens is 535 g/mol. The maximum Gasteiger partial charge on any atom is 0.251 e. The Morgan fingerprint density at radius 3 is 2.51 bits per heavy atom. The Labute approximate surface area is 239 Å². The van der Waals surface area contributed by atoms with Crippen LogP contribution in [0.3, 0.4) is 0 Å². The fourth-order valence-corrected chi connectivity index (χ4v) is 5.01. The van der Waals surface area contributed by atoms with Gasteiger partial charge in [0.25, 0.3) is 5.91 Å². The molecule has 1 aliphatic rings. The SMILES string of the molecule is CCNc1cc(C(=O)N[C@@H](Cc2ccccc2)[C@H](O)CNCc2ccc(Cl)c(Cl)c2)cc(N2CCCC2=O)c1. The molecule has 1 aliphatic heterocycles. The van der Waals surface area contributed by atoms with Crippen LogP contribution in [-0.4, -0.2) is 48.7 Å². The number of aliphatic hydroxyl groups excluding tert-OH is 1. The van der Waals surface area contributed by atoms with Gasteiger partial charge in [-0.1, -0.05) is 59.6 Å². The number of hydrogen-bond donors (Lipinski definition) is 4. The molecule has 206 valence electrons. The third-order valence-electron chi connectivity index (χ3n) is 6.69. The monoisotopic (exact) mass is 568 g/mol. The zero-order chi connectivity index (χ0) is 27.8. The molecule has 0 radical (unpaired) electrons. The van der Waals surface area contributed by atoms with Crippen LogP contribution in [0.5, 0.6) is 0 Å². The number of aliphatic hydroxyl groups is 1. The van der Waals surface area contributed by atoms with Crippen LogP contribution >= 0.6 is 23.2 Å². The quantitative estimate of drug-likeness (QED) is 0.245. The lowest BCUT2D eigenvalue weighted by Gasteiger charge is -2.25. The Morgan fingerprint density at radius 1 is 1.03 bits per heavy atom. The number of halogens is 2. The van der Waals surface area contributed by atoms with Gasteiger partial charge >= 0.3 is 0 Å². The summed E-state index contributed by atoms with van der Waals surface area (Å²) >= 11 is 12.1. The number of hydrogen-bond acceptors (Lipinski definition) is 5. The van der Waals surface area contributed by atoms with Crippen LogP contribution < -0.4 is 20.9 Å². The summed E-state index contributed by atoms with van der Waals surface area (Å²) in [4.78, 5) is 27.6. The lowest BCUT2D eigenvalue weighted by Crippen LogP contribution is -2.48. The number of nitrogens with one attached hydrogen (secondary N) is 3. The second-order valence-corrected chi connectivity index (χ2v) is 10.5. The molecule has 1 saturated heterocycles. The highest BCUT2D eigenvalue weighted by Gasteiger charge is 2.25. The first kappa shape index (κ1) is 28.9. The zero-order valence-corrected chi connectivity index (χ0v) is 23.4. The van der Waals surface area contributed by atoms with Crippen LogP contribution in [-0.2, 0) is 17.8 Å². The number of amides is 2. The van der Waals surface area contributed by atoms with Gasteiger partial charge in [-0.3, -0.25) is 9.59 Å². The number of carbonyl (C=O) groups is 2. The molecule has 4 N–H and O–H groups in total. The average molecular weight is 570 g/mol. The first-order valence-electron chi connectivity index (χ1n) is 13.2. The fraction of sp³-hybridized carbons (Fsp3) is 0.333. The van der Waals surface area contributed by atoms with E-state index in [-0.39, 0.29) is 18.4 Å². The van der Waals surface area contributed by atoms with Gasteiger partial charge in [0, 0.05) is 49.5 Å². The van der Waals surface area contributed by atoms with Crippen LogP contribution in [0.4, 0.5) is 11.4 Å². The van der Waals surface area contributed by atoms with Gasteiger partial charge in [0.15, 0.2) is 0 Å². The maximum absolute atomic E-state index is 13.5. The first-order chi connectivity index (χ1) is 18.8. The van der Waals surface area contributed by atoms with Crippen molar-refractivity contribution in [3.8, 4) is 0 Å². The van der Waals surface area contributed by atoms with Crippen molar-refractivity contribution in [1.29, 1.82) is 0 Å². The van der Waals surface area contributed by atoms with E-state index in [1.54, 1.807) is 29.2 Å². The van der Waals surface area contributed by atoms with Gasteiger partial charge in [0.1, 0.15) is 0 Å². The fourth-order valence-electron chi connectivity index (χ4n) is 4.68. The minimum atomic E-state index is -0.867. The van der Waals surface area contributed by atoms with Crippen molar-refractivity contribution in [2.24, 2.45) is 0 Å². The number of carbonyl (C=O) groups excluding carboxylic acids is 2. The zero-order valence-electron chi connectivity index (χ0n) is 21.9. The van der Waals surface area contributed by atoms with Crippen molar-refractivity contribution in [3.63, 3.8) is 0 Å². The highest BCUT2D eigenvalue weighted by atomic mass is 35.5. The summed E-state index contributed by atoms with van der Waals surface area (Å²) in [7, 11) is 0. The van der Waals surface area contributed by atoms with E-state index in [9.17, 15) is 14.7 Å². The first-order valence-corrected chi connectivity index (χ1v) is 14.0. The predicted octanol–water partition coefficient (Wildman–Crippen LogP) is 5.04. The molecule has 0 unspecified atom stereocenters. The topological polar surface area (TPSA) is 93.7 Å². The summed E-state index contributed by atoms with van der Waals surface area (Å²) in [5.41, 5.74) is 3.82. The van der Waals surface area contributed by atoms with E-state index < -0.39 is 12.1 Å². The Hall–Kier alpha value is -3.10. The van der Waals surface area contributed by atoms with Gasteiger partial charge in [0.05, 0.1) is 22.2 Å². The summed E-state index contributed by atoms with van der Waals surface area (Å²) in [5, 5.41) is 21.7. The Kier molecular flexibility index (Phi) is 10.2. The second kappa shape index (κ2) is 13.8. The standard InChI is InChI=1S/C30H34Cl2N4O3/c1-2-34-23-15-22(16-24(17-23)36-12-6-9-29(36)38)30(39)35-27(14-20-7-4-3-5-8-20)28(37)19-33-18-21-10-11-25(31)26(32)13-21/h3-5,7-8,10-11,13,15-17,27-28,33-34,37H,2,6,9,12,14,18-19H2,1H3,(H,35,39)/t27-,28+/m0/s1. The summed E-state index contributed by atoms with van der Waals surface area (Å²) in [6, 6.07) is 20.0. The lowest BCUT2D eigenvalue weighted by atomic mass is 10.00. The second-order valence-electron chi connectivity index (χ2n) is 9.66. The molecule has 0 saturated carbocycles. The van der Waals surface area contributed by atoms with E-state index in [0.717, 1.165) is 23.2 Å². The number of anilines is 2. The molecule has 4 rings (SSSR count). The predicted molar refractivity (Wildman–Crippen MR) is 158 cm³/mol. The summed E-state index contributed by atoms with van der Waals surface area (Å²) in [5.74, 6) is -0.257. The third-order valence-corrected chi connectivity index (χ3v) is 7.43. The number of benzene rings is 3. The normalized spacial score (nSPS) is 14.8. The molecule has 0 aliphatic carbocycles. The number of nitrogens with zero attached hydrogens (tertiary/aromatic N) is 1. The van der Waals surface area contributed by atoms with Gasteiger partial charge in [-0.15, -0.1) is 0 Å². The van der Waals surface area contributed by atoms with Gasteiger partial charge in [-0.05, 0) is 61.2 Å². The molecule has 39 heavy (non-hydrogen) atoms. The average Bonchev–Trinajstić information content (AvgIpc) is 3.36. The molecule has 2 amide bonds. The third kappa shape index (κ3) is 7.96. The molecule has 7 nitrogen and oxygen atoms in total. The van der Waals surface area contributed by atoms with E-state index in [1.165, 1.54) is 0 Å². The smallest absolute Gasteiger partial charge is 0.251 e. The highest BCUT2D eigenvalue weighted by Crippen LogP contribution is 2.27. The molecule has 9 heteroatoms. The Bertz CT molecular complexity index is 1290. The van der Waals surface area contributed by atoms with Crippen molar-refractivity contribution < 1.29 is 14.7 Å². The Balaban J connectivity index is 1.50. The van der Waals surface area contributed by atoms with E-state index in [2.05, 4.69) is 16.0 Å². The molecule has 2 atom stereocenters. The number of rotatable bonds is 12. The lowest BCUT2D eigenvalue weighted by molar-refractivity contribution is -0.117. The molecule has 3 aromatic rings. The van der Waals surface area contributed by atoms with E-state index in [1.807, 2.05) is 49.4 Å². The van der Waals surface area contributed by atoms with Crippen LogP contribution in [0.2, 0.25) is 10.0 Å². The van der Waals surface area contributed by atoms with Crippen molar-refractivity contribution in [2.75, 3.05) is 29.9 Å². The molecule has 1 heterocycles. The summed E-state index contributed by atoms with van der Waals surface area (Å²) < 4.78 is 0. The van der Waals surface area contributed by atoms with Crippen LogP contribution in [0.1, 0.15) is 41.3 Å². The van der Waals surface area contributed by atoms with Gasteiger partial charge in [-0.25, -0.2) is 0 Å². The largest absolute Gasteiger partial charge is 0.390 e. The van der Waals surface area contributed by atoms with Gasteiger partial charge in [0.2, 0.25) is 5.91 Å². The molecule has 0 spiro atoms. The van der Waals surface area contributed by atoms with Crippen LogP contribution in [0.15, 0.2) is 66.7 Å². The minimum Gasteiger partial charge on any atom is -0.390 e. The van der Waals surface area contributed by atoms with Crippen LogP contribution in [0.25, 0.3) is 0 Å². The van der Waals surface area contributed by atoms with Crippen molar-refractivity contribution in [1.82, 2.24) is 10.6 Å². The van der Waals surface area contributed by atoms with Gasteiger partial charge < -0.3 is 26.0 Å². The summed E-state index contributed by atoms with van der Waals surface area (Å²) in [6.07, 6.45) is 0.889. The molecule has 1 fully saturated rings.